The van der Waals surface area contributed by atoms with Crippen LogP contribution in [0.25, 0.3) is 0 Å². The number of carbonyl (C=O) groups excluding carboxylic acids is 2. The average molecular weight is 365 g/mol. The average Bonchev–Trinajstić information content (AvgIpc) is 2.89. The molecule has 0 saturated carbocycles. The second-order valence-electron chi connectivity index (χ2n) is 7.67. The van der Waals surface area contributed by atoms with Gasteiger partial charge in [-0.1, -0.05) is 6.08 Å². The fourth-order valence-corrected chi connectivity index (χ4v) is 4.49. The van der Waals surface area contributed by atoms with Crippen LogP contribution >= 0.6 is 0 Å². The summed E-state index contributed by atoms with van der Waals surface area (Å²) in [6.45, 7) is 3.44. The van der Waals surface area contributed by atoms with Crippen molar-refractivity contribution in [1.82, 2.24) is 0 Å². The maximum atomic E-state index is 12.9. The third kappa shape index (κ3) is 2.29. The van der Waals surface area contributed by atoms with Gasteiger partial charge in [0.05, 0.1) is 19.7 Å². The van der Waals surface area contributed by atoms with Crippen molar-refractivity contribution in [1.29, 1.82) is 0 Å². The molecule has 0 radical (unpaired) electrons. The number of hydrogen-bond acceptors (Lipinski definition) is 7. The topological polar surface area (TPSA) is 108 Å². The van der Waals surface area contributed by atoms with Gasteiger partial charge in [0, 0.05) is 24.0 Å². The number of rotatable bonds is 1. The van der Waals surface area contributed by atoms with Gasteiger partial charge in [-0.15, -0.1) is 0 Å². The molecule has 5 unspecified atom stereocenters. The van der Waals surface area contributed by atoms with Crippen LogP contribution in [-0.4, -0.2) is 71.3 Å². The van der Waals surface area contributed by atoms with E-state index in [1.807, 2.05) is 0 Å². The molecule has 8 nitrogen and oxygen atoms in total. The Kier molecular flexibility index (Phi) is 3.82. The summed E-state index contributed by atoms with van der Waals surface area (Å²) < 4.78 is 16.2. The van der Waals surface area contributed by atoms with E-state index in [1.165, 1.54) is 0 Å². The lowest BCUT2D eigenvalue weighted by Gasteiger charge is -2.40. The summed E-state index contributed by atoms with van der Waals surface area (Å²) in [5, 5.41) is 22.7. The number of nitrogens with zero attached hydrogens (tertiary/aromatic N) is 1. The van der Waals surface area contributed by atoms with E-state index < -0.39 is 46.5 Å². The molecule has 0 aromatic carbocycles. The Bertz CT molecular complexity index is 731. The predicted octanol–water partition coefficient (Wildman–Crippen LogP) is 0.338. The highest BCUT2D eigenvalue weighted by Crippen LogP contribution is 2.53. The first-order valence-electron chi connectivity index (χ1n) is 8.90. The zero-order valence-corrected chi connectivity index (χ0v) is 14.9. The third-order valence-corrected chi connectivity index (χ3v) is 6.28. The Hall–Kier alpha value is -1.74. The number of hydrogen-bond donors (Lipinski definition) is 1. The second-order valence-corrected chi connectivity index (χ2v) is 7.67. The summed E-state index contributed by atoms with van der Waals surface area (Å²) >= 11 is 0. The number of cyclic esters (lactones) is 1. The monoisotopic (exact) mass is 365 g/mol. The minimum Gasteiger partial charge on any atom is -0.632 e. The van der Waals surface area contributed by atoms with E-state index in [1.54, 1.807) is 26.0 Å². The van der Waals surface area contributed by atoms with Crippen LogP contribution in [0.4, 0.5) is 0 Å². The SMILES string of the molecule is CC=C1CC2(CO)OC2(C)C(=O)OCC2=CC[N+]3([O-])CCC(OC1=O)C23. The zero-order valence-electron chi connectivity index (χ0n) is 14.9. The van der Waals surface area contributed by atoms with Crippen LogP contribution in [0.1, 0.15) is 26.7 Å². The summed E-state index contributed by atoms with van der Waals surface area (Å²) in [6, 6.07) is -0.528. The molecule has 4 aliphatic rings. The van der Waals surface area contributed by atoms with E-state index in [-0.39, 0.29) is 19.6 Å². The van der Waals surface area contributed by atoms with Crippen molar-refractivity contribution in [2.75, 3.05) is 26.3 Å². The van der Waals surface area contributed by atoms with Crippen molar-refractivity contribution in [3.05, 3.63) is 28.5 Å². The molecule has 142 valence electrons. The summed E-state index contributed by atoms with van der Waals surface area (Å²) in [5.74, 6) is -1.13. The van der Waals surface area contributed by atoms with Gasteiger partial charge >= 0.3 is 11.9 Å². The van der Waals surface area contributed by atoms with Gasteiger partial charge in [0.15, 0.2) is 17.7 Å². The van der Waals surface area contributed by atoms with Crippen LogP contribution in [0.5, 0.6) is 0 Å². The number of aliphatic hydroxyl groups excluding tert-OH is 1. The predicted molar refractivity (Wildman–Crippen MR) is 88.4 cm³/mol. The number of carbonyl (C=O) groups is 2. The molecule has 4 rings (SSSR count). The highest BCUT2D eigenvalue weighted by Gasteiger charge is 2.73. The number of ether oxygens (including phenoxy) is 3. The summed E-state index contributed by atoms with van der Waals surface area (Å²) in [4.78, 5) is 25.3. The van der Waals surface area contributed by atoms with E-state index in [9.17, 15) is 19.9 Å². The number of fused-ring (bicyclic) bond motifs is 1. The smallest absolute Gasteiger partial charge is 0.341 e. The fraction of sp³-hybridized carbons (Fsp3) is 0.667. The minimum atomic E-state index is -1.33. The number of esters is 2. The van der Waals surface area contributed by atoms with Crippen LogP contribution in [0.15, 0.2) is 23.3 Å². The van der Waals surface area contributed by atoms with Gasteiger partial charge in [-0.05, 0) is 19.9 Å². The molecule has 4 heterocycles. The number of epoxide rings is 1. The normalized spacial score (nSPS) is 46.5. The zero-order chi connectivity index (χ0) is 18.7. The Balaban J connectivity index is 1.69. The summed E-state index contributed by atoms with van der Waals surface area (Å²) in [7, 11) is 0. The number of hydroxylamine groups is 3. The fourth-order valence-electron chi connectivity index (χ4n) is 4.49. The molecule has 5 atom stereocenters. The molecular weight excluding hydrogens is 342 g/mol. The van der Waals surface area contributed by atoms with Crippen LogP contribution < -0.4 is 0 Å². The molecular formula is C18H23NO7. The summed E-state index contributed by atoms with van der Waals surface area (Å²) in [6.07, 6.45) is 3.35. The van der Waals surface area contributed by atoms with Gasteiger partial charge in [-0.25, -0.2) is 9.59 Å². The number of allylic oxidation sites excluding steroid dienone is 1. The van der Waals surface area contributed by atoms with Gasteiger partial charge in [-0.3, -0.25) is 0 Å². The molecule has 8 heteroatoms. The maximum absolute atomic E-state index is 12.9. The van der Waals surface area contributed by atoms with Crippen molar-refractivity contribution >= 4 is 11.9 Å². The lowest BCUT2D eigenvalue weighted by atomic mass is 9.88. The van der Waals surface area contributed by atoms with Crippen molar-refractivity contribution in [2.24, 2.45) is 0 Å². The second kappa shape index (κ2) is 5.63. The molecule has 0 aliphatic carbocycles. The largest absolute Gasteiger partial charge is 0.632 e. The van der Waals surface area contributed by atoms with Crippen molar-refractivity contribution < 1.29 is 33.6 Å². The standard InChI is InChI=1S/C18H23NO7/c1-3-11-8-18(10-20)17(2,26-18)16(22)24-9-12-4-6-19(23)7-5-13(14(12)19)25-15(11)21/h3-4,13-14,20H,5-10H2,1-2H3. The summed E-state index contributed by atoms with van der Waals surface area (Å²) in [5.41, 5.74) is -1.52. The molecule has 0 aromatic rings. The van der Waals surface area contributed by atoms with Crippen molar-refractivity contribution in [3.8, 4) is 0 Å². The Morgan fingerprint density at radius 3 is 2.92 bits per heavy atom. The Morgan fingerprint density at radius 1 is 1.46 bits per heavy atom. The number of aliphatic hydroxyl groups is 1. The molecule has 1 N–H and O–H groups in total. The van der Waals surface area contributed by atoms with Gasteiger partial charge in [0.25, 0.3) is 0 Å². The Morgan fingerprint density at radius 2 is 2.23 bits per heavy atom. The van der Waals surface area contributed by atoms with Crippen LogP contribution in [-0.2, 0) is 23.8 Å². The van der Waals surface area contributed by atoms with Gasteiger partial charge in [-0.2, -0.15) is 0 Å². The van der Waals surface area contributed by atoms with E-state index in [2.05, 4.69) is 0 Å². The molecule has 3 fully saturated rings. The van der Waals surface area contributed by atoms with Crippen LogP contribution in [0.3, 0.4) is 0 Å². The third-order valence-electron chi connectivity index (χ3n) is 6.28. The lowest BCUT2D eigenvalue weighted by molar-refractivity contribution is -0.877. The molecule has 0 spiro atoms. The molecule has 26 heavy (non-hydrogen) atoms. The first-order chi connectivity index (χ1) is 12.3. The molecule has 4 aliphatic heterocycles. The van der Waals surface area contributed by atoms with Crippen LogP contribution in [0.2, 0.25) is 0 Å². The van der Waals surface area contributed by atoms with E-state index in [0.29, 0.717) is 24.1 Å². The highest BCUT2D eigenvalue weighted by atomic mass is 16.7. The van der Waals surface area contributed by atoms with Gasteiger partial charge < -0.3 is 29.2 Å². The maximum Gasteiger partial charge on any atom is 0.341 e. The molecule has 0 amide bonds. The minimum absolute atomic E-state index is 0.0310. The van der Waals surface area contributed by atoms with Crippen molar-refractivity contribution in [3.63, 3.8) is 0 Å². The Labute approximate surface area is 151 Å². The molecule has 0 aromatic heterocycles. The first kappa shape index (κ1) is 17.7. The highest BCUT2D eigenvalue weighted by molar-refractivity contribution is 5.90. The lowest BCUT2D eigenvalue weighted by Crippen LogP contribution is -2.48. The van der Waals surface area contributed by atoms with E-state index in [4.69, 9.17) is 14.2 Å². The van der Waals surface area contributed by atoms with Gasteiger partial charge in [0.1, 0.15) is 12.2 Å². The first-order valence-corrected chi connectivity index (χ1v) is 8.90. The quantitative estimate of drug-likeness (QED) is 0.178. The number of quaternary nitrogens is 1. The van der Waals surface area contributed by atoms with E-state index >= 15 is 0 Å². The molecule has 3 saturated heterocycles. The molecule has 0 bridgehead atoms. The van der Waals surface area contributed by atoms with Crippen LogP contribution in [0, 0.1) is 5.21 Å². The van der Waals surface area contributed by atoms with E-state index in [0.717, 1.165) is 0 Å². The van der Waals surface area contributed by atoms with Crippen molar-refractivity contribution in [2.45, 2.75) is 50.0 Å². The van der Waals surface area contributed by atoms with Gasteiger partial charge in [0.2, 0.25) is 0 Å².